The van der Waals surface area contributed by atoms with Gasteiger partial charge in [-0.2, -0.15) is 0 Å². The van der Waals surface area contributed by atoms with Gasteiger partial charge in [0.25, 0.3) is 5.56 Å². The third-order valence-corrected chi connectivity index (χ3v) is 7.28. The van der Waals surface area contributed by atoms with Crippen molar-refractivity contribution >= 4 is 27.8 Å². The number of aromatic hydroxyl groups is 1. The number of methoxy groups -OCH3 is 1. The monoisotopic (exact) mass is 539 g/mol. The van der Waals surface area contributed by atoms with Crippen molar-refractivity contribution in [1.29, 1.82) is 0 Å². The van der Waals surface area contributed by atoms with Gasteiger partial charge in [0.1, 0.15) is 47.7 Å². The van der Waals surface area contributed by atoms with Crippen LogP contribution in [0.25, 0.3) is 33.0 Å². The SMILES string of the molecule is COc1ccc(-c2coc3c4c(cc(O)c3c2=O)OC(=O)CC4c2cc3cc4c(cc3[nH]c2=O)OCCO4)cc1. The highest BCUT2D eigenvalue weighted by atomic mass is 16.6. The number of benzene rings is 3. The van der Waals surface area contributed by atoms with Crippen LogP contribution in [0.3, 0.4) is 0 Å². The summed E-state index contributed by atoms with van der Waals surface area (Å²) in [4.78, 5) is 42.5. The summed E-state index contributed by atoms with van der Waals surface area (Å²) in [6.45, 7) is 0.816. The first-order valence-corrected chi connectivity index (χ1v) is 12.5. The van der Waals surface area contributed by atoms with Gasteiger partial charge in [-0.1, -0.05) is 12.1 Å². The molecule has 200 valence electrons. The minimum absolute atomic E-state index is 0.0215. The van der Waals surface area contributed by atoms with Gasteiger partial charge in [-0.05, 0) is 29.8 Å². The number of hydrogen-bond donors (Lipinski definition) is 2. The van der Waals surface area contributed by atoms with E-state index in [1.165, 1.54) is 12.3 Å². The van der Waals surface area contributed by atoms with E-state index in [0.29, 0.717) is 52.5 Å². The number of aromatic nitrogens is 1. The molecule has 2 aromatic heterocycles. The van der Waals surface area contributed by atoms with Crippen LogP contribution >= 0.6 is 0 Å². The molecule has 2 N–H and O–H groups in total. The molecule has 0 amide bonds. The second kappa shape index (κ2) is 8.91. The van der Waals surface area contributed by atoms with Crippen molar-refractivity contribution in [3.63, 3.8) is 0 Å². The maximum Gasteiger partial charge on any atom is 0.312 e. The minimum Gasteiger partial charge on any atom is -0.507 e. The Morgan fingerprint density at radius 1 is 0.950 bits per heavy atom. The average molecular weight is 539 g/mol. The number of phenolic OH excluding ortho intramolecular Hbond substituents is 1. The molecule has 1 unspecified atom stereocenters. The lowest BCUT2D eigenvalue weighted by atomic mass is 9.85. The van der Waals surface area contributed by atoms with Crippen LogP contribution in [0.15, 0.2) is 68.8 Å². The van der Waals surface area contributed by atoms with Crippen LogP contribution in [-0.2, 0) is 4.79 Å². The van der Waals surface area contributed by atoms with Crippen LogP contribution in [0, 0.1) is 0 Å². The van der Waals surface area contributed by atoms with E-state index in [0.717, 1.165) is 0 Å². The lowest BCUT2D eigenvalue weighted by molar-refractivity contribution is -0.135. The van der Waals surface area contributed by atoms with Gasteiger partial charge in [0.2, 0.25) is 5.43 Å². The Morgan fingerprint density at radius 3 is 2.45 bits per heavy atom. The number of phenols is 1. The molecule has 2 aliphatic heterocycles. The van der Waals surface area contributed by atoms with E-state index in [4.69, 9.17) is 23.4 Å². The molecular formula is C30H21NO9. The van der Waals surface area contributed by atoms with Crippen molar-refractivity contribution in [3.8, 4) is 39.9 Å². The topological polar surface area (TPSA) is 137 Å². The molecule has 0 fully saturated rings. The van der Waals surface area contributed by atoms with Crippen molar-refractivity contribution in [2.45, 2.75) is 12.3 Å². The Bertz CT molecular complexity index is 1970. The molecule has 0 saturated heterocycles. The number of nitrogens with one attached hydrogen (secondary N) is 1. The molecular weight excluding hydrogens is 518 g/mol. The molecule has 0 aliphatic carbocycles. The molecule has 40 heavy (non-hydrogen) atoms. The zero-order valence-corrected chi connectivity index (χ0v) is 21.1. The Kier molecular flexibility index (Phi) is 5.31. The molecule has 5 aromatic rings. The second-order valence-electron chi connectivity index (χ2n) is 9.59. The van der Waals surface area contributed by atoms with Gasteiger partial charge in [0.05, 0.1) is 24.6 Å². The number of hydrogen-bond acceptors (Lipinski definition) is 9. The zero-order valence-electron chi connectivity index (χ0n) is 21.1. The number of rotatable bonds is 3. The summed E-state index contributed by atoms with van der Waals surface area (Å²) in [5.74, 6) is -0.0745. The fourth-order valence-electron chi connectivity index (χ4n) is 5.39. The quantitative estimate of drug-likeness (QED) is 0.255. The second-order valence-corrected chi connectivity index (χ2v) is 9.59. The smallest absolute Gasteiger partial charge is 0.312 e. The third-order valence-electron chi connectivity index (χ3n) is 7.28. The summed E-state index contributed by atoms with van der Waals surface area (Å²) in [6.07, 6.45) is 1.13. The molecule has 1 atom stereocenters. The summed E-state index contributed by atoms with van der Waals surface area (Å²) in [5, 5.41) is 11.4. The van der Waals surface area contributed by atoms with Crippen molar-refractivity contribution in [1.82, 2.24) is 4.98 Å². The van der Waals surface area contributed by atoms with Crippen LogP contribution in [-0.4, -0.2) is 36.4 Å². The molecule has 0 bridgehead atoms. The van der Waals surface area contributed by atoms with E-state index in [-0.39, 0.29) is 34.3 Å². The number of esters is 1. The number of carbonyl (C=O) groups is 1. The molecule has 0 saturated carbocycles. The number of H-pyrrole nitrogens is 1. The van der Waals surface area contributed by atoms with E-state index < -0.39 is 28.6 Å². The first-order valence-electron chi connectivity index (χ1n) is 12.5. The van der Waals surface area contributed by atoms with Crippen molar-refractivity contribution in [3.05, 3.63) is 86.5 Å². The summed E-state index contributed by atoms with van der Waals surface area (Å²) < 4.78 is 27.9. The molecule has 3 aromatic carbocycles. The fraction of sp³-hybridized carbons (Fsp3) is 0.167. The summed E-state index contributed by atoms with van der Waals surface area (Å²) >= 11 is 0. The first-order chi connectivity index (χ1) is 19.4. The van der Waals surface area contributed by atoms with E-state index in [1.807, 2.05) is 0 Å². The molecule has 7 rings (SSSR count). The fourth-order valence-corrected chi connectivity index (χ4v) is 5.39. The van der Waals surface area contributed by atoms with Crippen LogP contribution in [0.4, 0.5) is 0 Å². The number of pyridine rings is 1. The van der Waals surface area contributed by atoms with Gasteiger partial charge in [-0.25, -0.2) is 0 Å². The van der Waals surface area contributed by atoms with Gasteiger partial charge in [-0.15, -0.1) is 0 Å². The number of carbonyl (C=O) groups excluding carboxylic acids is 1. The van der Waals surface area contributed by atoms with Crippen molar-refractivity contribution in [2.24, 2.45) is 0 Å². The molecule has 10 nitrogen and oxygen atoms in total. The maximum absolute atomic E-state index is 13.6. The number of ether oxygens (including phenoxy) is 4. The Balaban J connectivity index is 1.43. The molecule has 2 aliphatic rings. The van der Waals surface area contributed by atoms with E-state index in [2.05, 4.69) is 4.98 Å². The third kappa shape index (κ3) is 3.68. The van der Waals surface area contributed by atoms with Gasteiger partial charge in [-0.3, -0.25) is 14.4 Å². The van der Waals surface area contributed by atoms with Gasteiger partial charge >= 0.3 is 5.97 Å². The normalized spacial score (nSPS) is 16.0. The number of fused-ring (bicyclic) bond motifs is 5. The highest BCUT2D eigenvalue weighted by molar-refractivity contribution is 5.94. The average Bonchev–Trinajstić information content (AvgIpc) is 2.95. The molecule has 0 spiro atoms. The standard InChI is InChI=1S/C30H21NO9/c1-36-16-4-2-14(3-5-16)19-13-39-29-26-17(10-25(33)40-24(26)12-21(32)27(29)28(19)34)18-8-15-9-22-23(38-7-6-37-22)11-20(15)31-30(18)35/h2-5,8-9,11-13,17,32H,6-7,10H2,1H3,(H,31,35). The predicted octanol–water partition coefficient (Wildman–Crippen LogP) is 4.23. The predicted molar refractivity (Wildman–Crippen MR) is 144 cm³/mol. The van der Waals surface area contributed by atoms with Crippen LogP contribution in [0.2, 0.25) is 0 Å². The van der Waals surface area contributed by atoms with Crippen molar-refractivity contribution in [2.75, 3.05) is 20.3 Å². The largest absolute Gasteiger partial charge is 0.507 e. The van der Waals surface area contributed by atoms with E-state index >= 15 is 0 Å². The van der Waals surface area contributed by atoms with Crippen LogP contribution in [0.1, 0.15) is 23.5 Å². The number of aromatic amines is 1. The summed E-state index contributed by atoms with van der Waals surface area (Å²) in [6, 6.07) is 13.2. The van der Waals surface area contributed by atoms with E-state index in [9.17, 15) is 19.5 Å². The van der Waals surface area contributed by atoms with Crippen LogP contribution in [0.5, 0.6) is 28.7 Å². The Labute approximate surface area is 225 Å². The van der Waals surface area contributed by atoms with Gasteiger partial charge < -0.3 is 33.5 Å². The van der Waals surface area contributed by atoms with Gasteiger partial charge in [0.15, 0.2) is 11.5 Å². The summed E-state index contributed by atoms with van der Waals surface area (Å²) in [7, 11) is 1.54. The lowest BCUT2D eigenvalue weighted by Crippen LogP contribution is -2.26. The molecule has 4 heterocycles. The Hall–Kier alpha value is -5.25. The van der Waals surface area contributed by atoms with Crippen molar-refractivity contribution < 1.29 is 33.3 Å². The minimum atomic E-state index is -0.810. The van der Waals surface area contributed by atoms with E-state index in [1.54, 1.807) is 49.6 Å². The summed E-state index contributed by atoms with van der Waals surface area (Å²) in [5.41, 5.74) is 1.08. The first kappa shape index (κ1) is 23.8. The lowest BCUT2D eigenvalue weighted by Gasteiger charge is -2.26. The Morgan fingerprint density at radius 2 is 1.70 bits per heavy atom. The molecule has 0 radical (unpaired) electrons. The van der Waals surface area contributed by atoms with Crippen LogP contribution < -0.4 is 29.9 Å². The highest BCUT2D eigenvalue weighted by Crippen LogP contribution is 2.45. The maximum atomic E-state index is 13.6. The van der Waals surface area contributed by atoms with Gasteiger partial charge in [0, 0.05) is 34.6 Å². The molecule has 10 heteroatoms. The zero-order chi connectivity index (χ0) is 27.5. The highest BCUT2D eigenvalue weighted by Gasteiger charge is 2.35.